The van der Waals surface area contributed by atoms with Crippen LogP contribution in [0.5, 0.6) is 0 Å². The van der Waals surface area contributed by atoms with E-state index in [1.54, 1.807) is 13.8 Å². The summed E-state index contributed by atoms with van der Waals surface area (Å²) in [6.45, 7) is 3.17. The Morgan fingerprint density at radius 3 is 2.58 bits per heavy atom. The van der Waals surface area contributed by atoms with Gasteiger partial charge >= 0.3 is 12.0 Å². The van der Waals surface area contributed by atoms with Crippen LogP contribution >= 0.6 is 15.9 Å². The maximum atomic E-state index is 13.2. The molecule has 0 fully saturated rings. The lowest BCUT2D eigenvalue weighted by Gasteiger charge is -2.24. The number of carboxylic acid groups (broad SMARTS) is 1. The van der Waals surface area contributed by atoms with E-state index in [0.29, 0.717) is 4.47 Å². The van der Waals surface area contributed by atoms with Gasteiger partial charge in [0.25, 0.3) is 0 Å². The highest BCUT2D eigenvalue weighted by atomic mass is 79.9. The molecule has 0 saturated heterocycles. The Hall–Kier alpha value is -1.63. The largest absolute Gasteiger partial charge is 0.481 e. The zero-order valence-electron chi connectivity index (χ0n) is 10.5. The third-order valence-corrected chi connectivity index (χ3v) is 2.87. The second-order valence-electron chi connectivity index (χ2n) is 4.66. The van der Waals surface area contributed by atoms with Crippen molar-refractivity contribution in [2.75, 3.05) is 5.32 Å². The fourth-order valence-electron chi connectivity index (χ4n) is 1.47. The number of hydrogen-bond donors (Lipinski definition) is 3. The lowest BCUT2D eigenvalue weighted by Crippen LogP contribution is -2.46. The molecule has 0 spiro atoms. The summed E-state index contributed by atoms with van der Waals surface area (Å²) >= 11 is 3.00. The molecule has 104 valence electrons. The number of rotatable bonds is 4. The zero-order chi connectivity index (χ0) is 14.6. The molecule has 0 heterocycles. The van der Waals surface area contributed by atoms with Crippen LogP contribution in [0.3, 0.4) is 0 Å². The van der Waals surface area contributed by atoms with Gasteiger partial charge in [-0.2, -0.15) is 0 Å². The highest BCUT2D eigenvalue weighted by molar-refractivity contribution is 9.10. The summed E-state index contributed by atoms with van der Waals surface area (Å²) in [5, 5.41) is 13.6. The summed E-state index contributed by atoms with van der Waals surface area (Å²) in [5.41, 5.74) is -0.617. The van der Waals surface area contributed by atoms with E-state index in [1.807, 2.05) is 0 Å². The van der Waals surface area contributed by atoms with Crippen LogP contribution in [0.25, 0.3) is 0 Å². The quantitative estimate of drug-likeness (QED) is 0.793. The van der Waals surface area contributed by atoms with Gasteiger partial charge in [-0.15, -0.1) is 0 Å². The molecule has 0 atom stereocenters. The summed E-state index contributed by atoms with van der Waals surface area (Å²) < 4.78 is 13.5. The second-order valence-corrected chi connectivity index (χ2v) is 5.52. The number of amides is 2. The van der Waals surface area contributed by atoms with Crippen LogP contribution in [0.1, 0.15) is 20.3 Å². The highest BCUT2D eigenvalue weighted by Crippen LogP contribution is 2.19. The molecule has 0 radical (unpaired) electrons. The Bertz CT molecular complexity index is 506. The predicted octanol–water partition coefficient (Wildman–Crippen LogP) is 2.96. The zero-order valence-corrected chi connectivity index (χ0v) is 12.0. The van der Waals surface area contributed by atoms with Gasteiger partial charge in [0.05, 0.1) is 10.9 Å². The number of carbonyl (C=O) groups excluding carboxylic acids is 1. The molecule has 5 nitrogen and oxygen atoms in total. The molecule has 0 aromatic heterocycles. The Morgan fingerprint density at radius 2 is 2.05 bits per heavy atom. The van der Waals surface area contributed by atoms with Crippen molar-refractivity contribution in [3.05, 3.63) is 28.5 Å². The molecule has 0 aliphatic heterocycles. The average molecular weight is 333 g/mol. The number of aliphatic carboxylic acids is 1. The van der Waals surface area contributed by atoms with E-state index < -0.39 is 23.4 Å². The van der Waals surface area contributed by atoms with E-state index in [1.165, 1.54) is 12.1 Å². The van der Waals surface area contributed by atoms with E-state index in [0.717, 1.165) is 6.07 Å². The summed E-state index contributed by atoms with van der Waals surface area (Å²) in [4.78, 5) is 22.3. The number of halogens is 2. The summed E-state index contributed by atoms with van der Waals surface area (Å²) in [6, 6.07) is 3.56. The first-order valence-corrected chi connectivity index (χ1v) is 6.25. The van der Waals surface area contributed by atoms with Crippen molar-refractivity contribution in [1.82, 2.24) is 5.32 Å². The fraction of sp³-hybridized carbons (Fsp3) is 0.333. The van der Waals surface area contributed by atoms with Crippen LogP contribution in [-0.2, 0) is 4.79 Å². The molecule has 2 amide bonds. The first-order valence-electron chi connectivity index (χ1n) is 5.45. The van der Waals surface area contributed by atoms with Crippen molar-refractivity contribution >= 4 is 33.6 Å². The number of nitrogens with one attached hydrogen (secondary N) is 2. The minimum Gasteiger partial charge on any atom is -0.481 e. The number of benzene rings is 1. The second kappa shape index (κ2) is 6.01. The van der Waals surface area contributed by atoms with Gasteiger partial charge < -0.3 is 15.7 Å². The summed E-state index contributed by atoms with van der Waals surface area (Å²) in [5.74, 6) is -1.51. The lowest BCUT2D eigenvalue weighted by atomic mass is 10.0. The molecule has 19 heavy (non-hydrogen) atoms. The maximum absolute atomic E-state index is 13.2. The third kappa shape index (κ3) is 5.25. The van der Waals surface area contributed by atoms with Crippen molar-refractivity contribution in [3.63, 3.8) is 0 Å². The van der Waals surface area contributed by atoms with Crippen LogP contribution < -0.4 is 10.6 Å². The van der Waals surface area contributed by atoms with E-state index in [2.05, 4.69) is 26.6 Å². The standard InChI is InChI=1S/C12H14BrFN2O3/c1-12(2,6-10(17)18)16-11(19)15-7-3-4-8(13)9(14)5-7/h3-5H,6H2,1-2H3,(H,17,18)(H2,15,16,19). The molecular weight excluding hydrogens is 319 g/mol. The molecule has 1 rings (SSSR count). The monoisotopic (exact) mass is 332 g/mol. The number of anilines is 1. The molecule has 3 N–H and O–H groups in total. The third-order valence-electron chi connectivity index (χ3n) is 2.22. The minimum absolute atomic E-state index is 0.213. The number of carboxylic acids is 1. The molecule has 0 saturated carbocycles. The topological polar surface area (TPSA) is 78.4 Å². The van der Waals surface area contributed by atoms with Crippen molar-refractivity contribution in [2.45, 2.75) is 25.8 Å². The summed E-state index contributed by atoms with van der Waals surface area (Å²) in [7, 11) is 0. The molecule has 0 unspecified atom stereocenters. The average Bonchev–Trinajstić information content (AvgIpc) is 2.20. The molecule has 1 aromatic carbocycles. The van der Waals surface area contributed by atoms with Crippen molar-refractivity contribution in [2.24, 2.45) is 0 Å². The van der Waals surface area contributed by atoms with E-state index in [9.17, 15) is 14.0 Å². The van der Waals surface area contributed by atoms with Gasteiger partial charge in [0.1, 0.15) is 5.82 Å². The number of urea groups is 1. The van der Waals surface area contributed by atoms with Crippen LogP contribution in [-0.4, -0.2) is 22.6 Å². The van der Waals surface area contributed by atoms with Gasteiger partial charge in [0.15, 0.2) is 0 Å². The molecular formula is C12H14BrFN2O3. The predicted molar refractivity (Wildman–Crippen MR) is 72.6 cm³/mol. The van der Waals surface area contributed by atoms with Crippen molar-refractivity contribution in [3.8, 4) is 0 Å². The maximum Gasteiger partial charge on any atom is 0.319 e. The van der Waals surface area contributed by atoms with E-state index in [4.69, 9.17) is 5.11 Å². The lowest BCUT2D eigenvalue weighted by molar-refractivity contribution is -0.138. The number of carbonyl (C=O) groups is 2. The molecule has 0 aliphatic carbocycles. The van der Waals surface area contributed by atoms with Gasteiger partial charge in [0.2, 0.25) is 0 Å². The Balaban J connectivity index is 2.64. The Kier molecular flexibility index (Phi) is 4.88. The van der Waals surface area contributed by atoms with Gasteiger partial charge in [-0.05, 0) is 48.0 Å². The molecule has 0 aliphatic rings. The first kappa shape index (κ1) is 15.4. The Labute approximate surface area is 118 Å². The van der Waals surface area contributed by atoms with E-state index in [-0.39, 0.29) is 12.1 Å². The van der Waals surface area contributed by atoms with Crippen LogP contribution in [0.15, 0.2) is 22.7 Å². The summed E-state index contributed by atoms with van der Waals surface area (Å²) in [6.07, 6.45) is -0.213. The molecule has 1 aromatic rings. The Morgan fingerprint density at radius 1 is 1.42 bits per heavy atom. The SMILES string of the molecule is CC(C)(CC(=O)O)NC(=O)Nc1ccc(Br)c(F)c1. The van der Waals surface area contributed by atoms with Gasteiger partial charge in [-0.25, -0.2) is 9.18 Å². The normalized spacial score (nSPS) is 10.9. The smallest absolute Gasteiger partial charge is 0.319 e. The van der Waals surface area contributed by atoms with E-state index >= 15 is 0 Å². The molecule has 0 bridgehead atoms. The van der Waals surface area contributed by atoms with Crippen molar-refractivity contribution in [1.29, 1.82) is 0 Å². The first-order chi connectivity index (χ1) is 8.69. The van der Waals surface area contributed by atoms with Gasteiger partial charge in [-0.3, -0.25) is 4.79 Å². The minimum atomic E-state index is -1.01. The van der Waals surface area contributed by atoms with Gasteiger partial charge in [-0.1, -0.05) is 0 Å². The fourth-order valence-corrected chi connectivity index (χ4v) is 1.71. The van der Waals surface area contributed by atoms with Crippen LogP contribution in [0, 0.1) is 5.82 Å². The van der Waals surface area contributed by atoms with Crippen LogP contribution in [0.2, 0.25) is 0 Å². The number of hydrogen-bond acceptors (Lipinski definition) is 2. The van der Waals surface area contributed by atoms with Gasteiger partial charge in [0, 0.05) is 11.2 Å². The van der Waals surface area contributed by atoms with Crippen LogP contribution in [0.4, 0.5) is 14.9 Å². The molecule has 7 heteroatoms. The van der Waals surface area contributed by atoms with Crippen molar-refractivity contribution < 1.29 is 19.1 Å². The highest BCUT2D eigenvalue weighted by Gasteiger charge is 2.23.